The highest BCUT2D eigenvalue weighted by atomic mass is 19.1. The van der Waals surface area contributed by atoms with Crippen LogP contribution in [0.25, 0.3) is 6.08 Å². The highest BCUT2D eigenvalue weighted by molar-refractivity contribution is 5.52. The highest BCUT2D eigenvalue weighted by Gasteiger charge is 2.13. The lowest BCUT2D eigenvalue weighted by Gasteiger charge is -2.24. The number of halogens is 2. The normalized spacial score (nSPS) is 21.1. The topological polar surface area (TPSA) is 21.3 Å². The summed E-state index contributed by atoms with van der Waals surface area (Å²) in [6, 6.07) is 3.83. The second-order valence-corrected chi connectivity index (χ2v) is 4.62. The Labute approximate surface area is 106 Å². The summed E-state index contributed by atoms with van der Waals surface area (Å²) < 4.78 is 31.4. The molecule has 1 aliphatic rings. The second-order valence-electron chi connectivity index (χ2n) is 4.62. The molecule has 0 radical (unpaired) electrons. The van der Waals surface area contributed by atoms with Crippen molar-refractivity contribution < 1.29 is 13.5 Å². The van der Waals surface area contributed by atoms with Crippen LogP contribution in [0, 0.1) is 11.6 Å². The number of morpholine rings is 1. The van der Waals surface area contributed by atoms with Crippen molar-refractivity contribution in [1.82, 2.24) is 5.32 Å². The Morgan fingerprint density at radius 1 is 1.39 bits per heavy atom. The van der Waals surface area contributed by atoms with Crippen LogP contribution in [-0.2, 0) is 4.74 Å². The van der Waals surface area contributed by atoms with E-state index in [0.29, 0.717) is 12.2 Å². The third-order valence-corrected chi connectivity index (χ3v) is 2.86. The quantitative estimate of drug-likeness (QED) is 0.894. The molecule has 1 N–H and O–H groups in total. The summed E-state index contributed by atoms with van der Waals surface area (Å²) in [5.41, 5.74) is 1.63. The molecule has 2 nitrogen and oxygen atoms in total. The molecule has 0 aromatic heterocycles. The Balaban J connectivity index is 2.02. The molecular formula is C14H17F2NO. The van der Waals surface area contributed by atoms with Crippen LogP contribution in [-0.4, -0.2) is 25.8 Å². The number of rotatable bonds is 3. The molecule has 0 aliphatic carbocycles. The van der Waals surface area contributed by atoms with E-state index in [4.69, 9.17) is 4.74 Å². The van der Waals surface area contributed by atoms with Gasteiger partial charge in [0.2, 0.25) is 0 Å². The SMILES string of the molecule is C/C(=C/c1cc(F)cc(F)c1)CC1COCCN1. The molecule has 0 saturated carbocycles. The van der Waals surface area contributed by atoms with Gasteiger partial charge in [-0.2, -0.15) is 0 Å². The van der Waals surface area contributed by atoms with Gasteiger partial charge in [0, 0.05) is 18.7 Å². The average Bonchev–Trinajstić information content (AvgIpc) is 2.28. The molecule has 0 amide bonds. The minimum Gasteiger partial charge on any atom is -0.379 e. The van der Waals surface area contributed by atoms with Gasteiger partial charge < -0.3 is 10.1 Å². The molecule has 0 spiro atoms. The zero-order valence-corrected chi connectivity index (χ0v) is 10.4. The Bertz CT molecular complexity index is 419. The number of hydrogen-bond donors (Lipinski definition) is 1. The molecule has 1 unspecified atom stereocenters. The van der Waals surface area contributed by atoms with Crippen LogP contribution >= 0.6 is 0 Å². The Morgan fingerprint density at radius 3 is 2.72 bits per heavy atom. The molecule has 98 valence electrons. The molecular weight excluding hydrogens is 236 g/mol. The summed E-state index contributed by atoms with van der Waals surface area (Å²) >= 11 is 0. The molecule has 2 rings (SSSR count). The van der Waals surface area contributed by atoms with Gasteiger partial charge >= 0.3 is 0 Å². The summed E-state index contributed by atoms with van der Waals surface area (Å²) in [6.07, 6.45) is 2.63. The number of ether oxygens (including phenoxy) is 1. The fraction of sp³-hybridized carbons (Fsp3) is 0.429. The minimum atomic E-state index is -0.548. The van der Waals surface area contributed by atoms with Crippen molar-refractivity contribution in [2.24, 2.45) is 0 Å². The van der Waals surface area contributed by atoms with Gasteiger partial charge in [-0.15, -0.1) is 0 Å². The fourth-order valence-corrected chi connectivity index (χ4v) is 2.14. The number of benzene rings is 1. The predicted octanol–water partition coefficient (Wildman–Crippen LogP) is 2.75. The van der Waals surface area contributed by atoms with E-state index in [1.54, 1.807) is 0 Å². The van der Waals surface area contributed by atoms with Gasteiger partial charge in [0.15, 0.2) is 0 Å². The molecule has 18 heavy (non-hydrogen) atoms. The largest absolute Gasteiger partial charge is 0.379 e. The zero-order valence-electron chi connectivity index (χ0n) is 10.4. The maximum Gasteiger partial charge on any atom is 0.126 e. The second kappa shape index (κ2) is 6.07. The molecule has 0 bridgehead atoms. The van der Waals surface area contributed by atoms with E-state index in [1.165, 1.54) is 12.1 Å². The van der Waals surface area contributed by atoms with Crippen molar-refractivity contribution in [3.63, 3.8) is 0 Å². The van der Waals surface area contributed by atoms with E-state index in [1.807, 2.05) is 13.0 Å². The van der Waals surface area contributed by atoms with Crippen molar-refractivity contribution in [3.8, 4) is 0 Å². The van der Waals surface area contributed by atoms with E-state index in [-0.39, 0.29) is 6.04 Å². The van der Waals surface area contributed by atoms with E-state index >= 15 is 0 Å². The molecule has 1 aliphatic heterocycles. The lowest BCUT2D eigenvalue weighted by Crippen LogP contribution is -2.41. The first kappa shape index (κ1) is 13.2. The summed E-state index contributed by atoms with van der Waals surface area (Å²) in [6.45, 7) is 4.24. The van der Waals surface area contributed by atoms with Crippen molar-refractivity contribution in [2.75, 3.05) is 19.8 Å². The summed E-state index contributed by atoms with van der Waals surface area (Å²) in [4.78, 5) is 0. The molecule has 1 aromatic rings. The van der Waals surface area contributed by atoms with Gasteiger partial charge in [-0.3, -0.25) is 0 Å². The first-order valence-corrected chi connectivity index (χ1v) is 6.08. The average molecular weight is 253 g/mol. The van der Waals surface area contributed by atoms with Crippen molar-refractivity contribution in [2.45, 2.75) is 19.4 Å². The summed E-state index contributed by atoms with van der Waals surface area (Å²) in [7, 11) is 0. The van der Waals surface area contributed by atoms with Crippen molar-refractivity contribution in [3.05, 3.63) is 41.0 Å². The van der Waals surface area contributed by atoms with Gasteiger partial charge in [0.1, 0.15) is 11.6 Å². The standard InChI is InChI=1S/C14H17F2NO/c1-10(5-14-9-18-3-2-17-14)4-11-6-12(15)8-13(16)7-11/h4,6-8,14,17H,2-3,5,9H2,1H3/b10-4-. The van der Waals surface area contributed by atoms with Crippen LogP contribution in [0.5, 0.6) is 0 Å². The summed E-state index contributed by atoms with van der Waals surface area (Å²) in [5.74, 6) is -1.10. The van der Waals surface area contributed by atoms with Crippen molar-refractivity contribution in [1.29, 1.82) is 0 Å². The first-order valence-electron chi connectivity index (χ1n) is 6.08. The predicted molar refractivity (Wildman–Crippen MR) is 67.2 cm³/mol. The zero-order chi connectivity index (χ0) is 13.0. The maximum atomic E-state index is 13.0. The third-order valence-electron chi connectivity index (χ3n) is 2.86. The molecule has 1 saturated heterocycles. The number of nitrogens with one attached hydrogen (secondary N) is 1. The van der Waals surface area contributed by atoms with Gasteiger partial charge in [0.25, 0.3) is 0 Å². The van der Waals surface area contributed by atoms with Gasteiger partial charge in [-0.25, -0.2) is 8.78 Å². The van der Waals surface area contributed by atoms with Crippen LogP contribution in [0.2, 0.25) is 0 Å². The maximum absolute atomic E-state index is 13.0. The van der Waals surface area contributed by atoms with Crippen molar-refractivity contribution >= 4 is 6.08 Å². The lowest BCUT2D eigenvalue weighted by molar-refractivity contribution is 0.0771. The Kier molecular flexibility index (Phi) is 4.44. The van der Waals surface area contributed by atoms with Crippen LogP contribution in [0.15, 0.2) is 23.8 Å². The Morgan fingerprint density at radius 2 is 2.11 bits per heavy atom. The van der Waals surface area contributed by atoms with E-state index < -0.39 is 11.6 Å². The third kappa shape index (κ3) is 3.89. The van der Waals surface area contributed by atoms with Crippen LogP contribution in [0.1, 0.15) is 18.9 Å². The van der Waals surface area contributed by atoms with Crippen LogP contribution in [0.3, 0.4) is 0 Å². The van der Waals surface area contributed by atoms with Gasteiger partial charge in [-0.1, -0.05) is 11.6 Å². The minimum absolute atomic E-state index is 0.286. The van der Waals surface area contributed by atoms with E-state index in [2.05, 4.69) is 5.32 Å². The molecule has 4 heteroatoms. The summed E-state index contributed by atoms with van der Waals surface area (Å²) in [5, 5.41) is 3.34. The number of hydrogen-bond acceptors (Lipinski definition) is 2. The van der Waals surface area contributed by atoms with Gasteiger partial charge in [-0.05, 0) is 31.0 Å². The fourth-order valence-electron chi connectivity index (χ4n) is 2.14. The Hall–Kier alpha value is -1.26. The molecule has 1 aromatic carbocycles. The lowest BCUT2D eigenvalue weighted by atomic mass is 10.0. The smallest absolute Gasteiger partial charge is 0.126 e. The van der Waals surface area contributed by atoms with E-state index in [0.717, 1.165) is 31.2 Å². The molecule has 1 atom stereocenters. The van der Waals surface area contributed by atoms with Crippen LogP contribution in [0.4, 0.5) is 8.78 Å². The molecule has 1 heterocycles. The van der Waals surface area contributed by atoms with Crippen LogP contribution < -0.4 is 5.32 Å². The monoisotopic (exact) mass is 253 g/mol. The first-order chi connectivity index (χ1) is 8.63. The van der Waals surface area contributed by atoms with Gasteiger partial charge in [0.05, 0.1) is 13.2 Å². The highest BCUT2D eigenvalue weighted by Crippen LogP contribution is 2.15. The molecule has 1 fully saturated rings. The van der Waals surface area contributed by atoms with E-state index in [9.17, 15) is 8.78 Å².